The molecule has 5 nitrogen and oxygen atoms in total. The number of rotatable bonds is 2. The Morgan fingerprint density at radius 2 is 1.87 bits per heavy atom. The fraction of sp³-hybridized carbons (Fsp3) is 0.333. The summed E-state index contributed by atoms with van der Waals surface area (Å²) in [5.74, 6) is 0.931. The highest BCUT2D eigenvalue weighted by Crippen LogP contribution is 2.32. The first kappa shape index (κ1) is 15.5. The van der Waals surface area contributed by atoms with E-state index in [4.69, 9.17) is 10.5 Å². The number of hydrogen-bond acceptors (Lipinski definition) is 5. The number of benzene rings is 1. The lowest BCUT2D eigenvalue weighted by molar-refractivity contribution is -0.137. The zero-order chi connectivity index (χ0) is 16.4. The molecule has 1 atom stereocenters. The average Bonchev–Trinajstić information content (AvgIpc) is 2.55. The minimum atomic E-state index is -4.34. The van der Waals surface area contributed by atoms with Gasteiger partial charge in [-0.1, -0.05) is 12.1 Å². The van der Waals surface area contributed by atoms with E-state index in [1.165, 1.54) is 18.3 Å². The summed E-state index contributed by atoms with van der Waals surface area (Å²) < 4.78 is 43.5. The van der Waals surface area contributed by atoms with Crippen molar-refractivity contribution in [3.05, 3.63) is 47.8 Å². The summed E-state index contributed by atoms with van der Waals surface area (Å²) in [4.78, 5) is 10.2. The Bertz CT molecular complexity index is 658. The molecule has 0 spiro atoms. The van der Waals surface area contributed by atoms with Gasteiger partial charge in [-0.15, -0.1) is 0 Å². The van der Waals surface area contributed by atoms with E-state index >= 15 is 0 Å². The highest BCUT2D eigenvalue weighted by Gasteiger charge is 2.31. The lowest BCUT2D eigenvalue weighted by Crippen LogP contribution is -2.40. The predicted molar refractivity (Wildman–Crippen MR) is 78.8 cm³/mol. The maximum atomic E-state index is 12.7. The van der Waals surface area contributed by atoms with Gasteiger partial charge < -0.3 is 15.4 Å². The van der Waals surface area contributed by atoms with Gasteiger partial charge in [0.1, 0.15) is 11.6 Å². The number of alkyl halides is 3. The molecule has 1 aliphatic heterocycles. The third-order valence-corrected chi connectivity index (χ3v) is 3.70. The second kappa shape index (κ2) is 6.04. The van der Waals surface area contributed by atoms with Gasteiger partial charge in [0.05, 0.1) is 37.2 Å². The third-order valence-electron chi connectivity index (χ3n) is 3.70. The van der Waals surface area contributed by atoms with Crippen LogP contribution in [0, 0.1) is 0 Å². The molecule has 122 valence electrons. The molecule has 1 fully saturated rings. The standard InChI is InChI=1S/C15H15F3N4O/c16-15(17,18)11-3-1-10(2-4-11)12-9-23-6-5-22(12)14-8-20-13(19)7-21-14/h1-4,7-8,12H,5-6,9H2,(H2,19,20)/t12-/m1/s1. The van der Waals surface area contributed by atoms with E-state index in [9.17, 15) is 13.2 Å². The SMILES string of the molecule is Nc1cnc(N2CCOC[C@@H]2c2ccc(C(F)(F)F)cc2)cn1. The number of nitrogens with zero attached hydrogens (tertiary/aromatic N) is 3. The molecule has 8 heteroatoms. The fourth-order valence-corrected chi connectivity index (χ4v) is 2.53. The number of anilines is 2. The minimum Gasteiger partial charge on any atom is -0.382 e. The van der Waals surface area contributed by atoms with Gasteiger partial charge in [0.25, 0.3) is 0 Å². The highest BCUT2D eigenvalue weighted by atomic mass is 19.4. The molecule has 0 radical (unpaired) electrons. The highest BCUT2D eigenvalue weighted by molar-refractivity contribution is 5.44. The number of morpholine rings is 1. The van der Waals surface area contributed by atoms with Crippen molar-refractivity contribution < 1.29 is 17.9 Å². The van der Waals surface area contributed by atoms with Crippen LogP contribution in [0.15, 0.2) is 36.7 Å². The summed E-state index contributed by atoms with van der Waals surface area (Å²) in [6, 6.07) is 4.89. The largest absolute Gasteiger partial charge is 0.416 e. The van der Waals surface area contributed by atoms with Crippen molar-refractivity contribution in [2.45, 2.75) is 12.2 Å². The molecule has 3 rings (SSSR count). The number of aromatic nitrogens is 2. The number of nitrogen functional groups attached to an aromatic ring is 1. The molecule has 1 aromatic carbocycles. The van der Waals surface area contributed by atoms with Crippen LogP contribution in [0.3, 0.4) is 0 Å². The van der Waals surface area contributed by atoms with Crippen LogP contribution in [0.1, 0.15) is 17.2 Å². The number of hydrogen-bond donors (Lipinski definition) is 1. The Balaban J connectivity index is 1.88. The Kier molecular flexibility index (Phi) is 4.08. The quantitative estimate of drug-likeness (QED) is 0.920. The van der Waals surface area contributed by atoms with Gasteiger partial charge >= 0.3 is 6.18 Å². The zero-order valence-electron chi connectivity index (χ0n) is 12.1. The number of halogens is 3. The maximum Gasteiger partial charge on any atom is 0.416 e. The summed E-state index contributed by atoms with van der Waals surface area (Å²) in [5, 5.41) is 0. The molecule has 0 aliphatic carbocycles. The molecule has 23 heavy (non-hydrogen) atoms. The van der Waals surface area contributed by atoms with Crippen LogP contribution in [0.2, 0.25) is 0 Å². The van der Waals surface area contributed by atoms with E-state index in [1.54, 1.807) is 6.20 Å². The molecule has 1 aromatic heterocycles. The van der Waals surface area contributed by atoms with Gasteiger partial charge in [0, 0.05) is 6.54 Å². The summed E-state index contributed by atoms with van der Waals surface area (Å²) in [7, 11) is 0. The maximum absolute atomic E-state index is 12.7. The second-order valence-electron chi connectivity index (χ2n) is 5.20. The molecular weight excluding hydrogens is 309 g/mol. The normalized spacial score (nSPS) is 18.9. The van der Waals surface area contributed by atoms with Gasteiger partial charge in [-0.2, -0.15) is 13.2 Å². The Morgan fingerprint density at radius 1 is 1.13 bits per heavy atom. The van der Waals surface area contributed by atoms with E-state index in [2.05, 4.69) is 9.97 Å². The predicted octanol–water partition coefficient (Wildman–Crippen LogP) is 2.66. The molecule has 0 saturated carbocycles. The van der Waals surface area contributed by atoms with Crippen LogP contribution >= 0.6 is 0 Å². The van der Waals surface area contributed by atoms with Crippen LogP contribution in [-0.2, 0) is 10.9 Å². The first-order valence-electron chi connectivity index (χ1n) is 7.04. The first-order valence-corrected chi connectivity index (χ1v) is 7.04. The molecule has 1 aliphatic rings. The van der Waals surface area contributed by atoms with E-state index in [0.29, 0.717) is 31.4 Å². The van der Waals surface area contributed by atoms with Crippen LogP contribution in [0.4, 0.5) is 24.8 Å². The van der Waals surface area contributed by atoms with Gasteiger partial charge in [0.2, 0.25) is 0 Å². The molecular formula is C15H15F3N4O. The zero-order valence-corrected chi connectivity index (χ0v) is 12.1. The van der Waals surface area contributed by atoms with Crippen molar-refractivity contribution in [1.82, 2.24) is 9.97 Å². The molecule has 0 amide bonds. The summed E-state index contributed by atoms with van der Waals surface area (Å²) in [6.45, 7) is 1.46. The van der Waals surface area contributed by atoms with Crippen LogP contribution in [0.25, 0.3) is 0 Å². The monoisotopic (exact) mass is 324 g/mol. The molecule has 2 N–H and O–H groups in total. The number of nitrogens with two attached hydrogens (primary N) is 1. The smallest absolute Gasteiger partial charge is 0.382 e. The lowest BCUT2D eigenvalue weighted by atomic mass is 10.0. The van der Waals surface area contributed by atoms with Gasteiger partial charge in [-0.05, 0) is 17.7 Å². The topological polar surface area (TPSA) is 64.3 Å². The van der Waals surface area contributed by atoms with Gasteiger partial charge in [-0.25, -0.2) is 9.97 Å². The van der Waals surface area contributed by atoms with Crippen LogP contribution in [0.5, 0.6) is 0 Å². The van der Waals surface area contributed by atoms with E-state index in [0.717, 1.165) is 17.7 Å². The number of ether oxygens (including phenoxy) is 1. The molecule has 0 bridgehead atoms. The Hall–Kier alpha value is -2.35. The van der Waals surface area contributed by atoms with Crippen molar-refractivity contribution in [3.8, 4) is 0 Å². The first-order chi connectivity index (χ1) is 10.9. The van der Waals surface area contributed by atoms with E-state index in [1.807, 2.05) is 4.90 Å². The Labute approximate surface area is 130 Å². The summed E-state index contributed by atoms with van der Waals surface area (Å²) in [5.41, 5.74) is 5.60. The second-order valence-corrected chi connectivity index (χ2v) is 5.20. The van der Waals surface area contributed by atoms with Crippen molar-refractivity contribution in [2.24, 2.45) is 0 Å². The van der Waals surface area contributed by atoms with Crippen molar-refractivity contribution in [1.29, 1.82) is 0 Å². The summed E-state index contributed by atoms with van der Waals surface area (Å²) >= 11 is 0. The van der Waals surface area contributed by atoms with Crippen LogP contribution < -0.4 is 10.6 Å². The third kappa shape index (κ3) is 3.37. The summed E-state index contributed by atoms with van der Waals surface area (Å²) in [6.07, 6.45) is -1.34. The lowest BCUT2D eigenvalue weighted by Gasteiger charge is -2.36. The molecule has 1 saturated heterocycles. The average molecular weight is 324 g/mol. The molecule has 0 unspecified atom stereocenters. The van der Waals surface area contributed by atoms with Crippen LogP contribution in [-0.4, -0.2) is 29.7 Å². The van der Waals surface area contributed by atoms with Crippen molar-refractivity contribution >= 4 is 11.6 Å². The van der Waals surface area contributed by atoms with Crippen molar-refractivity contribution in [3.63, 3.8) is 0 Å². The minimum absolute atomic E-state index is 0.219. The molecule has 2 aromatic rings. The van der Waals surface area contributed by atoms with E-state index in [-0.39, 0.29) is 6.04 Å². The van der Waals surface area contributed by atoms with E-state index < -0.39 is 11.7 Å². The molecule has 2 heterocycles. The van der Waals surface area contributed by atoms with Gasteiger partial charge in [-0.3, -0.25) is 0 Å². The Morgan fingerprint density at radius 3 is 2.48 bits per heavy atom. The fourth-order valence-electron chi connectivity index (χ4n) is 2.53. The van der Waals surface area contributed by atoms with Gasteiger partial charge in [0.15, 0.2) is 0 Å². The van der Waals surface area contributed by atoms with Crippen molar-refractivity contribution in [2.75, 3.05) is 30.4 Å².